The number of hydrogen-bond acceptors (Lipinski definition) is 4. The van der Waals surface area contributed by atoms with Crippen LogP contribution in [0, 0.1) is 0 Å². The van der Waals surface area contributed by atoms with Gasteiger partial charge >= 0.3 is 0 Å². The second kappa shape index (κ2) is 10.2. The van der Waals surface area contributed by atoms with E-state index in [9.17, 15) is 5.11 Å². The predicted octanol–water partition coefficient (Wildman–Crippen LogP) is 3.36. The first-order valence-electron chi connectivity index (χ1n) is 9.16. The van der Waals surface area contributed by atoms with Crippen molar-refractivity contribution in [2.24, 2.45) is 4.99 Å². The molecule has 2 heterocycles. The first-order valence-corrected chi connectivity index (χ1v) is 9.92. The number of nitrogens with zero attached hydrogens (tertiary/aromatic N) is 4. The zero-order chi connectivity index (χ0) is 20.6. The third-order valence-electron chi connectivity index (χ3n) is 4.05. The Morgan fingerprint density at radius 1 is 1.17 bits per heavy atom. The van der Waals surface area contributed by atoms with E-state index in [1.807, 2.05) is 31.3 Å². The van der Waals surface area contributed by atoms with Crippen LogP contribution in [0.25, 0.3) is 5.82 Å². The topological polar surface area (TPSA) is 87.4 Å². The fourth-order valence-corrected chi connectivity index (χ4v) is 3.22. The Hall–Kier alpha value is -2.61. The first-order chi connectivity index (χ1) is 14.0. The lowest BCUT2D eigenvalue weighted by atomic mass is 10.1. The van der Waals surface area contributed by atoms with Gasteiger partial charge in [-0.1, -0.05) is 23.2 Å². The molecule has 152 valence electrons. The molecule has 2 aromatic heterocycles. The smallest absolute Gasteiger partial charge is 0.191 e. The number of aliphatic imine (C=N–C) groups is 1. The summed E-state index contributed by atoms with van der Waals surface area (Å²) in [5.74, 6) is 1.33. The first kappa shape index (κ1) is 21.1. The molecule has 0 bridgehead atoms. The average Bonchev–Trinajstić information content (AvgIpc) is 3.24. The highest BCUT2D eigenvalue weighted by Crippen LogP contribution is 2.23. The fraction of sp³-hybridized carbons (Fsp3) is 0.250. The van der Waals surface area contributed by atoms with Crippen LogP contribution in [0.3, 0.4) is 0 Å². The van der Waals surface area contributed by atoms with Crippen molar-refractivity contribution in [3.63, 3.8) is 0 Å². The van der Waals surface area contributed by atoms with E-state index in [2.05, 4.69) is 25.7 Å². The largest absolute Gasteiger partial charge is 0.387 e. The van der Waals surface area contributed by atoms with Crippen molar-refractivity contribution in [3.05, 3.63) is 76.2 Å². The van der Waals surface area contributed by atoms with Gasteiger partial charge in [0.1, 0.15) is 0 Å². The van der Waals surface area contributed by atoms with Crippen molar-refractivity contribution >= 4 is 29.2 Å². The maximum atomic E-state index is 10.4. The van der Waals surface area contributed by atoms with Gasteiger partial charge in [-0.2, -0.15) is 5.10 Å². The molecule has 1 unspecified atom stereocenters. The summed E-state index contributed by atoms with van der Waals surface area (Å²) in [5, 5.41) is 21.9. The van der Waals surface area contributed by atoms with Crippen molar-refractivity contribution in [2.75, 3.05) is 13.1 Å². The molecule has 0 saturated carbocycles. The van der Waals surface area contributed by atoms with Crippen LogP contribution in [0.5, 0.6) is 0 Å². The van der Waals surface area contributed by atoms with Crippen LogP contribution < -0.4 is 10.6 Å². The van der Waals surface area contributed by atoms with Gasteiger partial charge in [0.05, 0.1) is 12.6 Å². The lowest BCUT2D eigenvalue weighted by Crippen LogP contribution is -2.39. The van der Waals surface area contributed by atoms with Crippen molar-refractivity contribution in [2.45, 2.75) is 19.6 Å². The van der Waals surface area contributed by atoms with Gasteiger partial charge < -0.3 is 15.7 Å². The molecule has 0 radical (unpaired) electrons. The van der Waals surface area contributed by atoms with Gasteiger partial charge in [0, 0.05) is 41.7 Å². The number of rotatable bonds is 7. The monoisotopic (exact) mass is 432 g/mol. The quantitative estimate of drug-likeness (QED) is 0.393. The lowest BCUT2D eigenvalue weighted by molar-refractivity contribution is 0.181. The van der Waals surface area contributed by atoms with E-state index >= 15 is 0 Å². The molecule has 0 spiro atoms. The van der Waals surface area contributed by atoms with E-state index in [0.29, 0.717) is 34.7 Å². The Kier molecular flexibility index (Phi) is 7.46. The Bertz CT molecular complexity index is 941. The van der Waals surface area contributed by atoms with Gasteiger partial charge in [0.2, 0.25) is 0 Å². The molecule has 0 fully saturated rings. The molecule has 9 heteroatoms. The number of nitrogens with one attached hydrogen (secondary N) is 2. The Balaban J connectivity index is 1.65. The van der Waals surface area contributed by atoms with E-state index in [0.717, 1.165) is 11.4 Å². The number of guanidine groups is 1. The standard InChI is InChI=1S/C20H22Cl2N6O/c1-2-23-20(26-13-18(29)15-9-16(21)11-17(22)10-15)25-12-14-4-6-24-19(8-14)28-7-3-5-27-28/h3-11,18,29H,2,12-13H2,1H3,(H2,23,25,26). The molecule has 0 aliphatic heterocycles. The molecule has 1 aromatic carbocycles. The number of benzene rings is 1. The van der Waals surface area contributed by atoms with Crippen LogP contribution in [0.4, 0.5) is 0 Å². The number of hydrogen-bond donors (Lipinski definition) is 3. The summed E-state index contributed by atoms with van der Waals surface area (Å²) in [7, 11) is 0. The maximum absolute atomic E-state index is 10.4. The fourth-order valence-electron chi connectivity index (χ4n) is 2.68. The van der Waals surface area contributed by atoms with Crippen LogP contribution in [0.2, 0.25) is 10.0 Å². The van der Waals surface area contributed by atoms with Crippen LogP contribution in [0.1, 0.15) is 24.2 Å². The highest BCUT2D eigenvalue weighted by Gasteiger charge is 2.10. The van der Waals surface area contributed by atoms with Crippen LogP contribution in [0.15, 0.2) is 60.0 Å². The lowest BCUT2D eigenvalue weighted by Gasteiger charge is -2.16. The number of halogens is 2. The summed E-state index contributed by atoms with van der Waals surface area (Å²) in [6, 6.07) is 10.7. The van der Waals surface area contributed by atoms with Crippen LogP contribution in [-0.2, 0) is 6.54 Å². The number of aliphatic hydroxyl groups excluding tert-OH is 1. The van der Waals surface area contributed by atoms with Gasteiger partial charge in [-0.05, 0) is 54.4 Å². The Morgan fingerprint density at radius 2 is 1.97 bits per heavy atom. The second-order valence-electron chi connectivity index (χ2n) is 6.27. The molecule has 1 atom stereocenters. The van der Waals surface area contributed by atoms with Gasteiger partial charge in [0.25, 0.3) is 0 Å². The summed E-state index contributed by atoms with van der Waals surface area (Å²) in [6.07, 6.45) is 4.50. The summed E-state index contributed by atoms with van der Waals surface area (Å²) < 4.78 is 1.70. The van der Waals surface area contributed by atoms with E-state index < -0.39 is 6.10 Å². The summed E-state index contributed by atoms with van der Waals surface area (Å²) in [5.41, 5.74) is 1.63. The van der Waals surface area contributed by atoms with Crippen LogP contribution >= 0.6 is 23.2 Å². The van der Waals surface area contributed by atoms with Gasteiger partial charge in [0.15, 0.2) is 11.8 Å². The Labute approximate surface area is 179 Å². The highest BCUT2D eigenvalue weighted by molar-refractivity contribution is 6.34. The number of aromatic nitrogens is 3. The SMILES string of the molecule is CCNC(=NCc1ccnc(-n2cccn2)c1)NCC(O)c1cc(Cl)cc(Cl)c1. The molecule has 0 amide bonds. The molecular weight excluding hydrogens is 411 g/mol. The van der Waals surface area contributed by atoms with Gasteiger partial charge in [-0.3, -0.25) is 0 Å². The van der Waals surface area contributed by atoms with Gasteiger partial charge in [-0.15, -0.1) is 0 Å². The molecule has 3 aromatic rings. The van der Waals surface area contributed by atoms with Crippen molar-refractivity contribution in [3.8, 4) is 5.82 Å². The van der Waals surface area contributed by atoms with E-state index in [1.165, 1.54) is 0 Å². The summed E-state index contributed by atoms with van der Waals surface area (Å²) >= 11 is 12.0. The summed E-state index contributed by atoms with van der Waals surface area (Å²) in [6.45, 7) is 3.38. The van der Waals surface area contributed by atoms with Crippen molar-refractivity contribution < 1.29 is 5.11 Å². The minimum absolute atomic E-state index is 0.261. The maximum Gasteiger partial charge on any atom is 0.191 e. The van der Waals surface area contributed by atoms with E-state index in [1.54, 1.807) is 35.3 Å². The van der Waals surface area contributed by atoms with Gasteiger partial charge in [-0.25, -0.2) is 14.7 Å². The molecule has 3 rings (SSSR count). The van der Waals surface area contributed by atoms with Crippen molar-refractivity contribution in [1.82, 2.24) is 25.4 Å². The number of pyridine rings is 1. The molecule has 0 saturated heterocycles. The molecule has 0 aliphatic rings. The second-order valence-corrected chi connectivity index (χ2v) is 7.14. The highest BCUT2D eigenvalue weighted by atomic mass is 35.5. The van der Waals surface area contributed by atoms with Crippen LogP contribution in [-0.4, -0.2) is 38.9 Å². The van der Waals surface area contributed by atoms with E-state index in [-0.39, 0.29) is 6.54 Å². The zero-order valence-corrected chi connectivity index (χ0v) is 17.4. The zero-order valence-electron chi connectivity index (χ0n) is 15.9. The minimum atomic E-state index is -0.776. The number of aliphatic hydroxyl groups is 1. The average molecular weight is 433 g/mol. The third kappa shape index (κ3) is 6.19. The summed E-state index contributed by atoms with van der Waals surface area (Å²) in [4.78, 5) is 8.90. The normalized spacial score (nSPS) is 12.6. The molecule has 0 aliphatic carbocycles. The molecule has 7 nitrogen and oxygen atoms in total. The minimum Gasteiger partial charge on any atom is -0.387 e. The molecule has 29 heavy (non-hydrogen) atoms. The van der Waals surface area contributed by atoms with Crippen molar-refractivity contribution in [1.29, 1.82) is 0 Å². The predicted molar refractivity (Wildman–Crippen MR) is 116 cm³/mol. The van der Waals surface area contributed by atoms with E-state index in [4.69, 9.17) is 23.2 Å². The molecule has 3 N–H and O–H groups in total. The third-order valence-corrected chi connectivity index (χ3v) is 4.48. The Morgan fingerprint density at radius 3 is 2.66 bits per heavy atom. The molecular formula is C20H22Cl2N6O.